The number of esters is 1. The second-order valence-corrected chi connectivity index (χ2v) is 8.83. The number of carbonyl (C=O) groups excluding carboxylic acids is 1. The van der Waals surface area contributed by atoms with Crippen molar-refractivity contribution < 1.29 is 22.7 Å². The summed E-state index contributed by atoms with van der Waals surface area (Å²) >= 11 is 1.19. The van der Waals surface area contributed by atoms with E-state index in [1.165, 1.54) is 15.6 Å². The first-order valence-electron chi connectivity index (χ1n) is 7.73. The lowest BCUT2D eigenvalue weighted by Crippen LogP contribution is -2.42. The van der Waals surface area contributed by atoms with Crippen molar-refractivity contribution in [2.45, 2.75) is 37.0 Å². The van der Waals surface area contributed by atoms with Gasteiger partial charge in [0.1, 0.15) is 10.8 Å². The van der Waals surface area contributed by atoms with Crippen molar-refractivity contribution in [1.82, 2.24) is 4.31 Å². The van der Waals surface area contributed by atoms with E-state index in [1.54, 1.807) is 17.5 Å². The van der Waals surface area contributed by atoms with Gasteiger partial charge in [-0.2, -0.15) is 4.31 Å². The van der Waals surface area contributed by atoms with Crippen LogP contribution in [0.25, 0.3) is 0 Å². The van der Waals surface area contributed by atoms with Gasteiger partial charge in [0.15, 0.2) is 0 Å². The van der Waals surface area contributed by atoms with Gasteiger partial charge >= 0.3 is 5.97 Å². The van der Waals surface area contributed by atoms with Crippen LogP contribution in [0.5, 0.6) is 0 Å². The summed E-state index contributed by atoms with van der Waals surface area (Å²) in [7, 11) is -3.50. The van der Waals surface area contributed by atoms with Crippen LogP contribution in [0.4, 0.5) is 0 Å². The molecule has 1 aliphatic rings. The lowest BCUT2D eigenvalue weighted by atomic mass is 10.0. The maximum atomic E-state index is 12.5. The van der Waals surface area contributed by atoms with Crippen LogP contribution in [0.2, 0.25) is 0 Å². The van der Waals surface area contributed by atoms with E-state index in [0.717, 1.165) is 0 Å². The first-order valence-corrected chi connectivity index (χ1v) is 10.0. The third-order valence-electron chi connectivity index (χ3n) is 3.59. The Balaban J connectivity index is 1.89. The summed E-state index contributed by atoms with van der Waals surface area (Å²) in [6, 6.07) is 3.30. The molecule has 1 atom stereocenters. The molecule has 23 heavy (non-hydrogen) atoms. The minimum Gasteiger partial charge on any atom is -0.463 e. The molecular weight excluding hydrogens is 338 g/mol. The number of hydrogen-bond acceptors (Lipinski definition) is 6. The molecule has 0 aliphatic carbocycles. The second-order valence-electron chi connectivity index (χ2n) is 5.72. The van der Waals surface area contributed by atoms with E-state index in [2.05, 4.69) is 0 Å². The van der Waals surface area contributed by atoms with E-state index in [1.807, 2.05) is 13.8 Å². The molecule has 2 rings (SSSR count). The van der Waals surface area contributed by atoms with E-state index in [0.29, 0.717) is 30.2 Å². The largest absolute Gasteiger partial charge is 0.463 e. The van der Waals surface area contributed by atoms with Gasteiger partial charge in [0.2, 0.25) is 0 Å². The fraction of sp³-hybridized carbons (Fsp3) is 0.667. The second kappa shape index (κ2) is 8.23. The van der Waals surface area contributed by atoms with Gasteiger partial charge in [0.25, 0.3) is 10.0 Å². The first-order chi connectivity index (χ1) is 10.9. The molecule has 130 valence electrons. The molecule has 0 aromatic carbocycles. The predicted octanol–water partition coefficient (Wildman–Crippen LogP) is 2.12. The molecule has 0 amide bonds. The maximum absolute atomic E-state index is 12.5. The summed E-state index contributed by atoms with van der Waals surface area (Å²) in [5.41, 5.74) is 0. The molecule has 0 N–H and O–H groups in total. The Kier molecular flexibility index (Phi) is 6.58. The minimum absolute atomic E-state index is 0.0924. The fourth-order valence-electron chi connectivity index (χ4n) is 2.43. The Morgan fingerprint density at radius 2 is 2.22 bits per heavy atom. The number of thiophene rings is 1. The average molecular weight is 361 g/mol. The van der Waals surface area contributed by atoms with Crippen molar-refractivity contribution >= 4 is 27.3 Å². The van der Waals surface area contributed by atoms with Gasteiger partial charge in [-0.3, -0.25) is 4.79 Å². The van der Waals surface area contributed by atoms with Crippen LogP contribution in [0.3, 0.4) is 0 Å². The molecule has 0 radical (unpaired) electrons. The lowest BCUT2D eigenvalue weighted by molar-refractivity contribution is -0.151. The van der Waals surface area contributed by atoms with Crippen LogP contribution in [-0.2, 0) is 24.3 Å². The van der Waals surface area contributed by atoms with Gasteiger partial charge in [-0.15, -0.1) is 11.3 Å². The summed E-state index contributed by atoms with van der Waals surface area (Å²) in [5.74, 6) is -0.749. The number of ether oxygens (including phenoxy) is 2. The summed E-state index contributed by atoms with van der Waals surface area (Å²) in [6.07, 6.45) is 1.41. The SMILES string of the molecule is CC(C)OCCOC(=O)C1CCCN(S(=O)(=O)c2cccs2)C1. The molecule has 2 heterocycles. The quantitative estimate of drug-likeness (QED) is 0.549. The molecule has 1 saturated heterocycles. The number of nitrogens with zero attached hydrogens (tertiary/aromatic N) is 1. The highest BCUT2D eigenvalue weighted by Gasteiger charge is 2.34. The van der Waals surface area contributed by atoms with Crippen LogP contribution >= 0.6 is 11.3 Å². The van der Waals surface area contributed by atoms with E-state index in [9.17, 15) is 13.2 Å². The molecule has 1 unspecified atom stereocenters. The molecule has 0 saturated carbocycles. The van der Waals surface area contributed by atoms with E-state index < -0.39 is 15.9 Å². The molecule has 1 aromatic heterocycles. The Labute approximate surface area is 141 Å². The van der Waals surface area contributed by atoms with E-state index >= 15 is 0 Å². The first kappa shape index (κ1) is 18.4. The molecule has 0 spiro atoms. The van der Waals surface area contributed by atoms with Crippen molar-refractivity contribution in [3.8, 4) is 0 Å². The molecule has 1 aliphatic heterocycles. The lowest BCUT2D eigenvalue weighted by Gasteiger charge is -2.30. The van der Waals surface area contributed by atoms with Crippen molar-refractivity contribution in [1.29, 1.82) is 0 Å². The van der Waals surface area contributed by atoms with Crippen molar-refractivity contribution in [2.24, 2.45) is 5.92 Å². The molecule has 0 bridgehead atoms. The predicted molar refractivity (Wildman–Crippen MR) is 87.8 cm³/mol. The zero-order valence-electron chi connectivity index (χ0n) is 13.4. The zero-order valence-corrected chi connectivity index (χ0v) is 15.1. The topological polar surface area (TPSA) is 72.9 Å². The van der Waals surface area contributed by atoms with Gasteiger partial charge < -0.3 is 9.47 Å². The number of rotatable bonds is 7. The van der Waals surface area contributed by atoms with Crippen LogP contribution in [0, 0.1) is 5.92 Å². The van der Waals surface area contributed by atoms with Crippen molar-refractivity contribution in [2.75, 3.05) is 26.3 Å². The van der Waals surface area contributed by atoms with Gasteiger partial charge in [-0.25, -0.2) is 8.42 Å². The average Bonchev–Trinajstić information content (AvgIpc) is 3.06. The Morgan fingerprint density at radius 3 is 2.87 bits per heavy atom. The fourth-order valence-corrected chi connectivity index (χ4v) is 5.10. The Morgan fingerprint density at radius 1 is 1.43 bits per heavy atom. The van der Waals surface area contributed by atoms with Crippen LogP contribution in [0.1, 0.15) is 26.7 Å². The highest BCUT2D eigenvalue weighted by molar-refractivity contribution is 7.91. The highest BCUT2D eigenvalue weighted by atomic mass is 32.2. The van der Waals surface area contributed by atoms with Crippen LogP contribution in [-0.4, -0.2) is 51.1 Å². The number of hydrogen-bond donors (Lipinski definition) is 0. The van der Waals surface area contributed by atoms with Gasteiger partial charge in [0.05, 0.1) is 18.6 Å². The number of sulfonamides is 1. The summed E-state index contributed by atoms with van der Waals surface area (Å²) in [6.45, 7) is 5.01. The Bertz CT molecular complexity index is 597. The molecule has 6 nitrogen and oxygen atoms in total. The zero-order chi connectivity index (χ0) is 16.9. The van der Waals surface area contributed by atoms with Gasteiger partial charge in [0, 0.05) is 13.1 Å². The van der Waals surface area contributed by atoms with E-state index in [-0.39, 0.29) is 25.2 Å². The van der Waals surface area contributed by atoms with Gasteiger partial charge in [-0.1, -0.05) is 6.07 Å². The number of carbonyl (C=O) groups is 1. The van der Waals surface area contributed by atoms with E-state index in [4.69, 9.17) is 9.47 Å². The van der Waals surface area contributed by atoms with Crippen LogP contribution in [0.15, 0.2) is 21.7 Å². The Hall–Kier alpha value is -0.960. The normalized spacial score (nSPS) is 19.9. The number of piperidine rings is 1. The summed E-state index contributed by atoms with van der Waals surface area (Å²) < 4.78 is 37.3. The molecular formula is C15H23NO5S2. The van der Waals surface area contributed by atoms with Crippen molar-refractivity contribution in [3.63, 3.8) is 0 Å². The molecule has 1 aromatic rings. The maximum Gasteiger partial charge on any atom is 0.310 e. The standard InChI is InChI=1S/C15H23NO5S2/c1-12(2)20-8-9-21-15(17)13-5-3-7-16(11-13)23(18,19)14-6-4-10-22-14/h4,6,10,12-13H,3,5,7-9,11H2,1-2H3. The molecule has 8 heteroatoms. The summed E-state index contributed by atoms with van der Waals surface area (Å²) in [5, 5.41) is 1.73. The smallest absolute Gasteiger partial charge is 0.310 e. The van der Waals surface area contributed by atoms with Gasteiger partial charge in [-0.05, 0) is 38.1 Å². The monoisotopic (exact) mass is 361 g/mol. The third-order valence-corrected chi connectivity index (χ3v) is 6.82. The highest BCUT2D eigenvalue weighted by Crippen LogP contribution is 2.26. The summed E-state index contributed by atoms with van der Waals surface area (Å²) in [4.78, 5) is 12.1. The van der Waals surface area contributed by atoms with Crippen molar-refractivity contribution in [3.05, 3.63) is 17.5 Å². The third kappa shape index (κ3) is 5.00. The minimum atomic E-state index is -3.50. The molecule has 1 fully saturated rings. The van der Waals surface area contributed by atoms with Crippen LogP contribution < -0.4 is 0 Å².